The van der Waals surface area contributed by atoms with Gasteiger partial charge >= 0.3 is 0 Å². The molecule has 78 valence electrons. The molecule has 3 rings (SSSR count). The summed E-state index contributed by atoms with van der Waals surface area (Å²) in [7, 11) is 0. The van der Waals surface area contributed by atoms with Crippen molar-refractivity contribution in [2.24, 2.45) is 23.2 Å². The van der Waals surface area contributed by atoms with Gasteiger partial charge in [0.25, 0.3) is 0 Å². The third-order valence-corrected chi connectivity index (χ3v) is 3.77. The molecule has 0 aromatic heterocycles. The van der Waals surface area contributed by atoms with Crippen molar-refractivity contribution >= 4 is 0 Å². The van der Waals surface area contributed by atoms with Crippen molar-refractivity contribution in [1.82, 2.24) is 0 Å². The molecule has 13 heavy (non-hydrogen) atoms. The zero-order chi connectivity index (χ0) is 10.1. The lowest BCUT2D eigenvalue weighted by Gasteiger charge is -2.55. The Balaban J connectivity index is 0.000000396. The molecule has 2 atom stereocenters. The first-order chi connectivity index (χ1) is 6.09. The van der Waals surface area contributed by atoms with Crippen LogP contribution in [0.1, 0.15) is 60.3 Å². The fourth-order valence-electron chi connectivity index (χ4n) is 3.52. The lowest BCUT2D eigenvalue weighted by Crippen LogP contribution is -2.47. The minimum Gasteiger partial charge on any atom is -0.0683 e. The molecule has 0 spiro atoms. The van der Waals surface area contributed by atoms with Gasteiger partial charge in [-0.1, -0.05) is 53.9 Å². The van der Waals surface area contributed by atoms with Gasteiger partial charge in [-0.25, -0.2) is 0 Å². The average molecular weight is 182 g/mol. The minimum atomic E-state index is 0.591. The Bertz CT molecular complexity index is 138. The monoisotopic (exact) mass is 182 g/mol. The molecular formula is C13H26. The summed E-state index contributed by atoms with van der Waals surface area (Å²) in [6.45, 7) is 11.3. The summed E-state index contributed by atoms with van der Waals surface area (Å²) in [6, 6.07) is 0. The van der Waals surface area contributed by atoms with E-state index in [1.807, 2.05) is 13.8 Å². The van der Waals surface area contributed by atoms with Crippen molar-refractivity contribution in [3.8, 4) is 0 Å². The highest BCUT2D eigenvalue weighted by molar-refractivity contribution is 4.98. The van der Waals surface area contributed by atoms with E-state index < -0.39 is 0 Å². The van der Waals surface area contributed by atoms with E-state index in [1.54, 1.807) is 6.42 Å². The van der Waals surface area contributed by atoms with E-state index in [1.165, 1.54) is 19.3 Å². The Labute approximate surface area is 84.1 Å². The van der Waals surface area contributed by atoms with E-state index in [9.17, 15) is 0 Å². The summed E-state index contributed by atoms with van der Waals surface area (Å²) in [6.07, 6.45) is 6.13. The number of hydrogen-bond acceptors (Lipinski definition) is 0. The Morgan fingerprint density at radius 2 is 1.38 bits per heavy atom. The van der Waals surface area contributed by atoms with E-state index in [2.05, 4.69) is 20.8 Å². The highest BCUT2D eigenvalue weighted by Crippen LogP contribution is 2.57. The Morgan fingerprint density at radius 1 is 0.923 bits per heavy atom. The number of fused-ring (bicyclic) bond motifs is 2. The van der Waals surface area contributed by atoms with Crippen LogP contribution in [0.15, 0.2) is 0 Å². The quantitative estimate of drug-likeness (QED) is 0.517. The minimum absolute atomic E-state index is 0.591. The highest BCUT2D eigenvalue weighted by atomic mass is 14.5. The zero-order valence-corrected chi connectivity index (χ0v) is 10.1. The molecule has 3 aliphatic carbocycles. The van der Waals surface area contributed by atoms with Gasteiger partial charge in [-0.15, -0.1) is 0 Å². The van der Waals surface area contributed by atoms with Gasteiger partial charge in [-0.05, 0) is 29.6 Å². The van der Waals surface area contributed by atoms with Crippen molar-refractivity contribution in [1.29, 1.82) is 0 Å². The third-order valence-electron chi connectivity index (χ3n) is 3.77. The van der Waals surface area contributed by atoms with E-state index in [4.69, 9.17) is 0 Å². The molecule has 0 nitrogen and oxygen atoms in total. The number of hydrogen-bond donors (Lipinski definition) is 0. The summed E-state index contributed by atoms with van der Waals surface area (Å²) in [5.41, 5.74) is 0.591. The van der Waals surface area contributed by atoms with Gasteiger partial charge < -0.3 is 0 Å². The first-order valence-corrected chi connectivity index (χ1v) is 6.09. The molecule has 3 saturated carbocycles. The molecule has 3 fully saturated rings. The standard InChI is InChI=1S/C11H20.C2H6/c1-11(2,3)10-8-5-4-6-9(10)7-8;1-2/h8-10H,4-7H2,1-3H3;1-2H3. The van der Waals surface area contributed by atoms with Crippen molar-refractivity contribution in [3.63, 3.8) is 0 Å². The first-order valence-electron chi connectivity index (χ1n) is 6.09. The zero-order valence-electron chi connectivity index (χ0n) is 10.1. The second kappa shape index (κ2) is 4.02. The first kappa shape index (κ1) is 11.1. The van der Waals surface area contributed by atoms with Crippen LogP contribution < -0.4 is 0 Å². The molecule has 2 bridgehead atoms. The van der Waals surface area contributed by atoms with Crippen molar-refractivity contribution < 1.29 is 0 Å². The van der Waals surface area contributed by atoms with Crippen LogP contribution in [0.5, 0.6) is 0 Å². The molecule has 0 amide bonds. The van der Waals surface area contributed by atoms with Gasteiger partial charge in [-0.2, -0.15) is 0 Å². The van der Waals surface area contributed by atoms with Crippen LogP contribution in [0.25, 0.3) is 0 Å². The highest BCUT2D eigenvalue weighted by Gasteiger charge is 2.48. The van der Waals surface area contributed by atoms with Gasteiger partial charge in [0.15, 0.2) is 0 Å². The Hall–Kier alpha value is 0. The number of rotatable bonds is 0. The molecule has 0 N–H and O–H groups in total. The molecular weight excluding hydrogens is 156 g/mol. The Kier molecular flexibility index (Phi) is 3.43. The molecule has 2 unspecified atom stereocenters. The second-order valence-corrected chi connectivity index (χ2v) is 5.58. The fourth-order valence-corrected chi connectivity index (χ4v) is 3.52. The van der Waals surface area contributed by atoms with E-state index in [-0.39, 0.29) is 0 Å². The van der Waals surface area contributed by atoms with Crippen LogP contribution in [0.2, 0.25) is 0 Å². The summed E-state index contributed by atoms with van der Waals surface area (Å²) >= 11 is 0. The predicted octanol–water partition coefficient (Wildman–Crippen LogP) is 4.49. The summed E-state index contributed by atoms with van der Waals surface area (Å²) in [5, 5.41) is 0. The maximum atomic E-state index is 2.42. The molecule has 0 aromatic carbocycles. The topological polar surface area (TPSA) is 0 Å². The molecule has 0 aliphatic heterocycles. The van der Waals surface area contributed by atoms with Crippen molar-refractivity contribution in [3.05, 3.63) is 0 Å². The van der Waals surface area contributed by atoms with Gasteiger partial charge in [0.1, 0.15) is 0 Å². The van der Waals surface area contributed by atoms with Crippen LogP contribution in [0.4, 0.5) is 0 Å². The van der Waals surface area contributed by atoms with Crippen LogP contribution in [-0.2, 0) is 0 Å². The SMILES string of the molecule is CC.CC(C)(C)C1C2CCCC1C2. The normalized spacial score (nSPS) is 37.2. The van der Waals surface area contributed by atoms with Crippen LogP contribution >= 0.6 is 0 Å². The summed E-state index contributed by atoms with van der Waals surface area (Å²) in [5.74, 6) is 3.28. The predicted molar refractivity (Wildman–Crippen MR) is 59.7 cm³/mol. The van der Waals surface area contributed by atoms with Crippen molar-refractivity contribution in [2.45, 2.75) is 60.3 Å². The summed E-state index contributed by atoms with van der Waals surface area (Å²) < 4.78 is 0. The van der Waals surface area contributed by atoms with Gasteiger partial charge in [0, 0.05) is 0 Å². The third kappa shape index (κ3) is 2.08. The van der Waals surface area contributed by atoms with Crippen LogP contribution in [-0.4, -0.2) is 0 Å². The molecule has 0 heterocycles. The lowest BCUT2D eigenvalue weighted by atomic mass is 9.50. The molecule has 3 aliphatic rings. The van der Waals surface area contributed by atoms with E-state index in [0.717, 1.165) is 17.8 Å². The molecule has 0 radical (unpaired) electrons. The molecule has 0 heteroatoms. The average Bonchev–Trinajstić information content (AvgIpc) is 2.06. The fraction of sp³-hybridized carbons (Fsp3) is 1.00. The maximum Gasteiger partial charge on any atom is -0.0308 e. The lowest BCUT2D eigenvalue weighted by molar-refractivity contribution is -0.0583. The van der Waals surface area contributed by atoms with E-state index >= 15 is 0 Å². The Morgan fingerprint density at radius 3 is 1.62 bits per heavy atom. The molecule has 0 saturated heterocycles. The molecule has 0 aromatic rings. The van der Waals surface area contributed by atoms with Crippen LogP contribution in [0, 0.1) is 23.2 Å². The van der Waals surface area contributed by atoms with E-state index in [0.29, 0.717) is 5.41 Å². The van der Waals surface area contributed by atoms with Crippen LogP contribution in [0.3, 0.4) is 0 Å². The maximum absolute atomic E-state index is 2.42. The largest absolute Gasteiger partial charge is 0.0683 e. The smallest absolute Gasteiger partial charge is 0.0308 e. The van der Waals surface area contributed by atoms with Gasteiger partial charge in [0.2, 0.25) is 0 Å². The summed E-state index contributed by atoms with van der Waals surface area (Å²) in [4.78, 5) is 0. The van der Waals surface area contributed by atoms with Gasteiger partial charge in [0.05, 0.1) is 0 Å². The second-order valence-electron chi connectivity index (χ2n) is 5.58. The van der Waals surface area contributed by atoms with Gasteiger partial charge in [-0.3, -0.25) is 0 Å². The van der Waals surface area contributed by atoms with Crippen molar-refractivity contribution in [2.75, 3.05) is 0 Å².